The van der Waals surface area contributed by atoms with Crippen LogP contribution in [0.4, 0.5) is 5.13 Å². The second-order valence-electron chi connectivity index (χ2n) is 8.82. The summed E-state index contributed by atoms with van der Waals surface area (Å²) in [6.45, 7) is 2.08. The predicted octanol–water partition coefficient (Wildman–Crippen LogP) is 2.29. The Morgan fingerprint density at radius 3 is 3.00 bits per heavy atom. The monoisotopic (exact) mass is 467 g/mol. The van der Waals surface area contributed by atoms with Crippen molar-refractivity contribution in [1.82, 2.24) is 19.9 Å². The average molecular weight is 468 g/mol. The third-order valence-electron chi connectivity index (χ3n) is 6.64. The third-order valence-corrected chi connectivity index (χ3v) is 7.60. The Morgan fingerprint density at radius 1 is 1.18 bits per heavy atom. The van der Waals surface area contributed by atoms with Crippen molar-refractivity contribution in [2.24, 2.45) is 5.92 Å². The zero-order valence-corrected chi connectivity index (χ0v) is 19.0. The molecule has 0 saturated carbocycles. The van der Waals surface area contributed by atoms with Crippen LogP contribution in [0.15, 0.2) is 23.0 Å². The summed E-state index contributed by atoms with van der Waals surface area (Å²) in [5.74, 6) is 1.35. The molecule has 2 aromatic heterocycles. The number of aromatic nitrogens is 3. The molecule has 1 fully saturated rings. The summed E-state index contributed by atoms with van der Waals surface area (Å²) in [6.07, 6.45) is 5.49. The summed E-state index contributed by atoms with van der Waals surface area (Å²) in [5.41, 5.74) is 2.68. The van der Waals surface area contributed by atoms with Crippen LogP contribution in [0.3, 0.4) is 0 Å². The molecule has 33 heavy (non-hydrogen) atoms. The van der Waals surface area contributed by atoms with Crippen LogP contribution in [-0.4, -0.2) is 40.4 Å². The van der Waals surface area contributed by atoms with E-state index in [2.05, 4.69) is 15.3 Å². The molecule has 172 valence electrons. The van der Waals surface area contributed by atoms with Gasteiger partial charge < -0.3 is 19.7 Å². The molecule has 0 spiro atoms. The van der Waals surface area contributed by atoms with Crippen LogP contribution in [0, 0.1) is 5.92 Å². The lowest BCUT2D eigenvalue weighted by Crippen LogP contribution is -2.43. The first kappa shape index (κ1) is 20.5. The van der Waals surface area contributed by atoms with Gasteiger partial charge in [0.05, 0.1) is 11.6 Å². The van der Waals surface area contributed by atoms with Crippen LogP contribution < -0.4 is 25.2 Å². The Kier molecular flexibility index (Phi) is 5.17. The number of ether oxygens (including phenoxy) is 2. The molecule has 10 heteroatoms. The molecule has 1 saturated heterocycles. The van der Waals surface area contributed by atoms with Crippen molar-refractivity contribution < 1.29 is 14.3 Å². The molecule has 1 N–H and O–H groups in total. The van der Waals surface area contributed by atoms with Crippen LogP contribution in [0.5, 0.6) is 11.5 Å². The number of hydrogen-bond acceptors (Lipinski definition) is 8. The zero-order valence-electron chi connectivity index (χ0n) is 18.2. The van der Waals surface area contributed by atoms with Crippen LogP contribution in [0.2, 0.25) is 0 Å². The van der Waals surface area contributed by atoms with E-state index in [-0.39, 0.29) is 24.2 Å². The molecular weight excluding hydrogens is 442 g/mol. The number of hydrogen-bond donors (Lipinski definition) is 1. The van der Waals surface area contributed by atoms with E-state index in [0.29, 0.717) is 23.8 Å². The van der Waals surface area contributed by atoms with E-state index in [4.69, 9.17) is 14.5 Å². The summed E-state index contributed by atoms with van der Waals surface area (Å²) in [5, 5.41) is 8.41. The third kappa shape index (κ3) is 3.82. The highest BCUT2D eigenvalue weighted by molar-refractivity contribution is 7.20. The van der Waals surface area contributed by atoms with Crippen molar-refractivity contribution in [3.63, 3.8) is 0 Å². The lowest BCUT2D eigenvalue weighted by Gasteiger charge is -2.31. The fourth-order valence-electron chi connectivity index (χ4n) is 4.84. The number of carbonyl (C=O) groups excluding carboxylic acids is 1. The van der Waals surface area contributed by atoms with E-state index >= 15 is 0 Å². The fourth-order valence-corrected chi connectivity index (χ4v) is 5.79. The minimum absolute atomic E-state index is 0.0317. The van der Waals surface area contributed by atoms with E-state index in [0.717, 1.165) is 72.8 Å². The number of nitrogens with zero attached hydrogens (tertiary/aromatic N) is 4. The molecular formula is C23H25N5O4S. The number of anilines is 1. The molecule has 0 radical (unpaired) electrons. The summed E-state index contributed by atoms with van der Waals surface area (Å²) < 4.78 is 12.2. The molecule has 3 aliphatic rings. The van der Waals surface area contributed by atoms with Gasteiger partial charge in [0, 0.05) is 25.2 Å². The van der Waals surface area contributed by atoms with Crippen LogP contribution in [0.1, 0.15) is 42.5 Å². The Hall–Kier alpha value is -3.14. The molecule has 9 nitrogen and oxygen atoms in total. The number of amides is 1. The zero-order chi connectivity index (χ0) is 22.4. The highest BCUT2D eigenvalue weighted by Gasteiger charge is 2.28. The summed E-state index contributed by atoms with van der Waals surface area (Å²) in [7, 11) is 0. The second kappa shape index (κ2) is 8.33. The van der Waals surface area contributed by atoms with Gasteiger partial charge in [0.1, 0.15) is 0 Å². The summed E-state index contributed by atoms with van der Waals surface area (Å²) >= 11 is 1.44. The Labute approximate surface area is 194 Å². The number of piperidine rings is 1. The van der Waals surface area contributed by atoms with E-state index in [1.54, 1.807) is 0 Å². The highest BCUT2D eigenvalue weighted by atomic mass is 32.1. The molecule has 1 atom stereocenters. The van der Waals surface area contributed by atoms with Gasteiger partial charge in [0.15, 0.2) is 11.5 Å². The number of rotatable bonds is 4. The van der Waals surface area contributed by atoms with Gasteiger partial charge in [-0.15, -0.1) is 5.10 Å². The minimum Gasteiger partial charge on any atom is -0.454 e. The van der Waals surface area contributed by atoms with Crippen molar-refractivity contribution >= 4 is 27.3 Å². The van der Waals surface area contributed by atoms with Gasteiger partial charge in [0.2, 0.25) is 22.8 Å². The first-order chi connectivity index (χ1) is 16.2. The maximum atomic E-state index is 12.9. The average Bonchev–Trinajstić information content (AvgIpc) is 3.50. The van der Waals surface area contributed by atoms with Gasteiger partial charge in [-0.3, -0.25) is 9.59 Å². The first-order valence-corrected chi connectivity index (χ1v) is 12.3. The lowest BCUT2D eigenvalue weighted by atomic mass is 9.97. The molecule has 6 rings (SSSR count). The van der Waals surface area contributed by atoms with Gasteiger partial charge in [0.25, 0.3) is 5.56 Å². The van der Waals surface area contributed by atoms with Gasteiger partial charge in [-0.25, -0.2) is 4.98 Å². The first-order valence-electron chi connectivity index (χ1n) is 11.5. The molecule has 1 aliphatic carbocycles. The second-order valence-corrected chi connectivity index (χ2v) is 9.75. The largest absolute Gasteiger partial charge is 0.454 e. The standard InChI is InChI=1S/C23H25N5O4S/c29-20(24-11-14-7-8-18-19(10-14)32-13-31-18)15-4-3-9-27(12-15)23-26-28-21(30)16-5-1-2-6-17(16)25-22(28)33-23/h7-8,10,15H,1-6,9,11-13H2,(H,24,29). The predicted molar refractivity (Wildman–Crippen MR) is 123 cm³/mol. The van der Waals surface area contributed by atoms with Crippen molar-refractivity contribution in [2.75, 3.05) is 24.8 Å². The Balaban J connectivity index is 1.15. The number of benzene rings is 1. The number of aryl methyl sites for hydroxylation is 1. The molecule has 2 aliphatic heterocycles. The Bertz CT molecular complexity index is 1290. The maximum absolute atomic E-state index is 12.9. The maximum Gasteiger partial charge on any atom is 0.278 e. The number of carbonyl (C=O) groups is 1. The molecule has 0 bridgehead atoms. The SMILES string of the molecule is O=C(NCc1ccc2c(c1)OCO2)C1CCCN(c2nn3c(=O)c4c(nc3s2)CCCC4)C1. The molecule has 3 aromatic rings. The number of fused-ring (bicyclic) bond motifs is 3. The van der Waals surface area contributed by atoms with E-state index < -0.39 is 0 Å². The minimum atomic E-state index is -0.127. The smallest absolute Gasteiger partial charge is 0.278 e. The van der Waals surface area contributed by atoms with Gasteiger partial charge in [-0.1, -0.05) is 17.4 Å². The van der Waals surface area contributed by atoms with Crippen molar-refractivity contribution in [3.8, 4) is 11.5 Å². The Morgan fingerprint density at radius 2 is 2.06 bits per heavy atom. The van der Waals surface area contributed by atoms with E-state index in [1.165, 1.54) is 15.9 Å². The highest BCUT2D eigenvalue weighted by Crippen LogP contribution is 2.32. The molecule has 1 aromatic carbocycles. The number of nitrogens with one attached hydrogen (secondary N) is 1. The van der Waals surface area contributed by atoms with Crippen LogP contribution >= 0.6 is 11.3 Å². The summed E-state index contributed by atoms with van der Waals surface area (Å²) in [6, 6.07) is 5.71. The lowest BCUT2D eigenvalue weighted by molar-refractivity contribution is -0.125. The van der Waals surface area contributed by atoms with Crippen molar-refractivity contribution in [1.29, 1.82) is 0 Å². The van der Waals surface area contributed by atoms with Crippen LogP contribution in [0.25, 0.3) is 4.96 Å². The van der Waals surface area contributed by atoms with Crippen LogP contribution in [-0.2, 0) is 24.2 Å². The van der Waals surface area contributed by atoms with Gasteiger partial charge in [-0.05, 0) is 56.2 Å². The van der Waals surface area contributed by atoms with Crippen molar-refractivity contribution in [2.45, 2.75) is 45.1 Å². The topological polar surface area (TPSA) is 98.1 Å². The molecule has 1 unspecified atom stereocenters. The van der Waals surface area contributed by atoms with Gasteiger partial charge >= 0.3 is 0 Å². The van der Waals surface area contributed by atoms with Crippen molar-refractivity contribution in [3.05, 3.63) is 45.4 Å². The van der Waals surface area contributed by atoms with Gasteiger partial charge in [-0.2, -0.15) is 4.52 Å². The van der Waals surface area contributed by atoms with E-state index in [1.807, 2.05) is 18.2 Å². The fraction of sp³-hybridized carbons (Fsp3) is 0.478. The molecule has 1 amide bonds. The summed E-state index contributed by atoms with van der Waals surface area (Å²) in [4.78, 5) is 33.3. The normalized spacial score (nSPS) is 19.5. The molecule has 4 heterocycles. The quantitative estimate of drug-likeness (QED) is 0.629. The van der Waals surface area contributed by atoms with E-state index in [9.17, 15) is 9.59 Å².